The molecule has 0 aliphatic rings. The molecule has 15 heavy (non-hydrogen) atoms. The summed E-state index contributed by atoms with van der Waals surface area (Å²) in [6, 6.07) is 10.6. The topological polar surface area (TPSA) is 52.3 Å². The summed E-state index contributed by atoms with van der Waals surface area (Å²) in [6.07, 6.45) is 0. The van der Waals surface area contributed by atoms with Crippen LogP contribution >= 0.6 is 11.3 Å². The smallest absolute Gasteiger partial charge is 0.355 e. The molecule has 0 fully saturated rings. The van der Waals surface area contributed by atoms with E-state index in [0.29, 0.717) is 16.3 Å². The molecule has 0 aliphatic carbocycles. The van der Waals surface area contributed by atoms with E-state index in [0.717, 1.165) is 0 Å². The highest BCUT2D eigenvalue weighted by atomic mass is 32.1. The molecule has 76 valence electrons. The van der Waals surface area contributed by atoms with E-state index in [1.165, 1.54) is 11.3 Å². The Balaban J connectivity index is 2.15. The van der Waals surface area contributed by atoms with Crippen LogP contribution in [0.15, 0.2) is 41.8 Å². The van der Waals surface area contributed by atoms with Crippen molar-refractivity contribution in [1.29, 1.82) is 0 Å². The van der Waals surface area contributed by atoms with Crippen LogP contribution in [0.25, 0.3) is 0 Å². The first-order valence-electron chi connectivity index (χ1n) is 4.37. The minimum atomic E-state index is -0.409. The minimum absolute atomic E-state index is 0.409. The molecule has 0 bridgehead atoms. The van der Waals surface area contributed by atoms with Crippen LogP contribution in [0.1, 0.15) is 9.67 Å². The summed E-state index contributed by atoms with van der Waals surface area (Å²) >= 11 is 1.28. The molecule has 1 aromatic carbocycles. The molecule has 0 saturated heterocycles. The van der Waals surface area contributed by atoms with E-state index in [2.05, 4.69) is 0 Å². The molecule has 0 amide bonds. The molecule has 1 aromatic heterocycles. The summed E-state index contributed by atoms with van der Waals surface area (Å²) in [5.74, 6) is 0.115. The van der Waals surface area contributed by atoms with Crippen molar-refractivity contribution in [3.63, 3.8) is 0 Å². The number of carbonyl (C=O) groups is 1. The molecule has 0 spiro atoms. The molecule has 2 N–H and O–H groups in total. The first-order valence-corrected chi connectivity index (χ1v) is 5.25. The number of hydrogen-bond donors (Lipinski definition) is 1. The van der Waals surface area contributed by atoms with Crippen LogP contribution in [-0.4, -0.2) is 5.97 Å². The van der Waals surface area contributed by atoms with Crippen LogP contribution in [0.5, 0.6) is 5.75 Å². The Bertz CT molecular complexity index is 464. The molecule has 3 nitrogen and oxygen atoms in total. The summed E-state index contributed by atoms with van der Waals surface area (Å²) in [5, 5.41) is 1.76. The Hall–Kier alpha value is -1.81. The largest absolute Gasteiger partial charge is 0.422 e. The average Bonchev–Trinajstić information content (AvgIpc) is 2.66. The van der Waals surface area contributed by atoms with Gasteiger partial charge in [-0.2, -0.15) is 0 Å². The van der Waals surface area contributed by atoms with Crippen molar-refractivity contribution in [3.05, 3.63) is 46.7 Å². The molecular formula is C11H9NO2S. The van der Waals surface area contributed by atoms with Crippen molar-refractivity contribution in [2.75, 3.05) is 5.73 Å². The SMILES string of the molecule is Nc1ccsc1C(=O)Oc1ccccc1. The summed E-state index contributed by atoms with van der Waals surface area (Å²) in [6.45, 7) is 0. The fourth-order valence-corrected chi connectivity index (χ4v) is 1.82. The Kier molecular flexibility index (Phi) is 2.69. The quantitative estimate of drug-likeness (QED) is 0.623. The Morgan fingerprint density at radius 2 is 1.93 bits per heavy atom. The van der Waals surface area contributed by atoms with Crippen LogP contribution in [0.2, 0.25) is 0 Å². The number of anilines is 1. The lowest BCUT2D eigenvalue weighted by molar-refractivity contribution is 0.0741. The van der Waals surface area contributed by atoms with Gasteiger partial charge in [0, 0.05) is 0 Å². The molecule has 2 rings (SSSR count). The fourth-order valence-electron chi connectivity index (χ4n) is 1.13. The third-order valence-electron chi connectivity index (χ3n) is 1.83. The molecular weight excluding hydrogens is 210 g/mol. The number of ether oxygens (including phenoxy) is 1. The highest BCUT2D eigenvalue weighted by Gasteiger charge is 2.13. The van der Waals surface area contributed by atoms with Gasteiger partial charge in [0.15, 0.2) is 0 Å². The van der Waals surface area contributed by atoms with Gasteiger partial charge in [-0.1, -0.05) is 18.2 Å². The van der Waals surface area contributed by atoms with Gasteiger partial charge in [-0.25, -0.2) is 4.79 Å². The number of rotatable bonds is 2. The zero-order valence-corrected chi connectivity index (χ0v) is 8.66. The monoisotopic (exact) mass is 219 g/mol. The van der Waals surface area contributed by atoms with Crippen molar-refractivity contribution >= 4 is 23.0 Å². The number of carbonyl (C=O) groups excluding carboxylic acids is 1. The third kappa shape index (κ3) is 2.16. The van der Waals surface area contributed by atoms with E-state index in [1.807, 2.05) is 6.07 Å². The normalized spacial score (nSPS) is 9.87. The first kappa shape index (κ1) is 9.73. The molecule has 1 heterocycles. The van der Waals surface area contributed by atoms with Gasteiger partial charge in [-0.05, 0) is 23.6 Å². The Morgan fingerprint density at radius 1 is 1.20 bits per heavy atom. The summed E-state index contributed by atoms with van der Waals surface area (Å²) in [4.78, 5) is 12.0. The second-order valence-electron chi connectivity index (χ2n) is 2.91. The lowest BCUT2D eigenvalue weighted by atomic mass is 10.3. The van der Waals surface area contributed by atoms with E-state index < -0.39 is 5.97 Å². The lowest BCUT2D eigenvalue weighted by Gasteiger charge is -2.02. The second kappa shape index (κ2) is 4.14. The van der Waals surface area contributed by atoms with Crippen LogP contribution in [0, 0.1) is 0 Å². The van der Waals surface area contributed by atoms with Crippen molar-refractivity contribution in [3.8, 4) is 5.75 Å². The van der Waals surface area contributed by atoms with Crippen molar-refractivity contribution < 1.29 is 9.53 Å². The van der Waals surface area contributed by atoms with Crippen molar-refractivity contribution in [2.45, 2.75) is 0 Å². The maximum absolute atomic E-state index is 11.6. The number of para-hydroxylation sites is 1. The van der Waals surface area contributed by atoms with E-state index in [9.17, 15) is 4.79 Å². The summed E-state index contributed by atoms with van der Waals surface area (Å²) in [5.41, 5.74) is 6.06. The zero-order chi connectivity index (χ0) is 10.7. The second-order valence-corrected chi connectivity index (χ2v) is 3.82. The standard InChI is InChI=1S/C11H9NO2S/c12-9-6-7-15-10(9)11(13)14-8-4-2-1-3-5-8/h1-7H,12H2. The molecule has 4 heteroatoms. The van der Waals surface area contributed by atoms with Gasteiger partial charge in [-0.3, -0.25) is 0 Å². The summed E-state index contributed by atoms with van der Waals surface area (Å²) < 4.78 is 5.13. The molecule has 0 atom stereocenters. The highest BCUT2D eigenvalue weighted by Crippen LogP contribution is 2.21. The average molecular weight is 219 g/mol. The van der Waals surface area contributed by atoms with Gasteiger partial charge in [0.05, 0.1) is 5.69 Å². The Labute approximate surface area is 91.1 Å². The molecule has 0 radical (unpaired) electrons. The predicted octanol–water partition coefficient (Wildman–Crippen LogP) is 2.55. The van der Waals surface area contributed by atoms with E-state index >= 15 is 0 Å². The van der Waals surface area contributed by atoms with Gasteiger partial charge in [-0.15, -0.1) is 11.3 Å². The Morgan fingerprint density at radius 3 is 2.53 bits per heavy atom. The number of thiophene rings is 1. The van der Waals surface area contributed by atoms with Gasteiger partial charge in [0.1, 0.15) is 10.6 Å². The minimum Gasteiger partial charge on any atom is -0.422 e. The van der Waals surface area contributed by atoms with Crippen LogP contribution < -0.4 is 10.5 Å². The van der Waals surface area contributed by atoms with Crippen LogP contribution in [-0.2, 0) is 0 Å². The van der Waals surface area contributed by atoms with E-state index in [1.54, 1.807) is 35.7 Å². The van der Waals surface area contributed by atoms with Crippen molar-refractivity contribution in [2.24, 2.45) is 0 Å². The zero-order valence-electron chi connectivity index (χ0n) is 7.84. The van der Waals surface area contributed by atoms with Gasteiger partial charge in [0.2, 0.25) is 0 Å². The van der Waals surface area contributed by atoms with Crippen molar-refractivity contribution in [1.82, 2.24) is 0 Å². The maximum Gasteiger partial charge on any atom is 0.355 e. The molecule has 0 saturated carbocycles. The highest BCUT2D eigenvalue weighted by molar-refractivity contribution is 7.12. The van der Waals surface area contributed by atoms with E-state index in [-0.39, 0.29) is 0 Å². The number of nitrogens with two attached hydrogens (primary N) is 1. The number of hydrogen-bond acceptors (Lipinski definition) is 4. The molecule has 2 aromatic rings. The van der Waals surface area contributed by atoms with Gasteiger partial charge in [0.25, 0.3) is 0 Å². The lowest BCUT2D eigenvalue weighted by Crippen LogP contribution is -2.08. The van der Waals surface area contributed by atoms with Gasteiger partial charge >= 0.3 is 5.97 Å². The number of benzene rings is 1. The maximum atomic E-state index is 11.6. The predicted molar refractivity (Wildman–Crippen MR) is 60.1 cm³/mol. The number of esters is 1. The fraction of sp³-hybridized carbons (Fsp3) is 0. The van der Waals surface area contributed by atoms with E-state index in [4.69, 9.17) is 10.5 Å². The first-order chi connectivity index (χ1) is 7.27. The van der Waals surface area contributed by atoms with Crippen LogP contribution in [0.3, 0.4) is 0 Å². The van der Waals surface area contributed by atoms with Crippen LogP contribution in [0.4, 0.5) is 5.69 Å². The summed E-state index contributed by atoms with van der Waals surface area (Å²) in [7, 11) is 0. The molecule has 0 aliphatic heterocycles. The number of nitrogen functional groups attached to an aromatic ring is 1. The third-order valence-corrected chi connectivity index (χ3v) is 2.75. The molecule has 0 unspecified atom stereocenters. The van der Waals surface area contributed by atoms with Gasteiger partial charge < -0.3 is 10.5 Å².